The molecule has 1 heterocycles. The number of amides is 1. The van der Waals surface area contributed by atoms with Gasteiger partial charge in [0.05, 0.1) is 6.54 Å². The van der Waals surface area contributed by atoms with Crippen LogP contribution < -0.4 is 10.2 Å². The first-order chi connectivity index (χ1) is 10.1. The van der Waals surface area contributed by atoms with E-state index in [0.29, 0.717) is 12.6 Å². The third kappa shape index (κ3) is 3.10. The molecule has 3 nitrogen and oxygen atoms in total. The zero-order valence-electron chi connectivity index (χ0n) is 11.8. The number of anilines is 2. The number of carbonyl (C=O) groups is 1. The lowest BCUT2D eigenvalue weighted by Crippen LogP contribution is -2.37. The summed E-state index contributed by atoms with van der Waals surface area (Å²) in [6.07, 6.45) is 1.00. The predicted molar refractivity (Wildman–Crippen MR) is 89.7 cm³/mol. The Bertz CT molecular complexity index is 654. The summed E-state index contributed by atoms with van der Waals surface area (Å²) in [5.74, 6) is 0.0147. The molecule has 21 heavy (non-hydrogen) atoms. The molecule has 1 aliphatic rings. The maximum Gasteiger partial charge on any atom is 0.243 e. The Balaban J connectivity index is 1.69. The van der Waals surface area contributed by atoms with Gasteiger partial charge in [-0.3, -0.25) is 4.79 Å². The molecule has 4 heteroatoms. The predicted octanol–water partition coefficient (Wildman–Crippen LogP) is 3.84. The van der Waals surface area contributed by atoms with Crippen molar-refractivity contribution in [2.45, 2.75) is 19.4 Å². The average Bonchev–Trinajstić information content (AvgIpc) is 2.78. The minimum Gasteiger partial charge on any atom is -0.359 e. The summed E-state index contributed by atoms with van der Waals surface area (Å²) in [5.41, 5.74) is 3.32. The van der Waals surface area contributed by atoms with Crippen molar-refractivity contribution in [3.63, 3.8) is 0 Å². The Morgan fingerprint density at radius 3 is 2.71 bits per heavy atom. The lowest BCUT2D eigenvalue weighted by Gasteiger charge is -2.24. The van der Waals surface area contributed by atoms with E-state index in [0.717, 1.165) is 16.6 Å². The van der Waals surface area contributed by atoms with Gasteiger partial charge in [-0.05, 0) is 49.2 Å². The van der Waals surface area contributed by atoms with E-state index in [4.69, 9.17) is 0 Å². The molecule has 0 aromatic heterocycles. The number of nitrogens with zero attached hydrogens (tertiary/aromatic N) is 1. The second-order valence-electron chi connectivity index (χ2n) is 5.36. The van der Waals surface area contributed by atoms with Crippen molar-refractivity contribution in [1.29, 1.82) is 0 Å². The number of rotatable bonds is 3. The van der Waals surface area contributed by atoms with Crippen LogP contribution in [0.15, 0.2) is 53.0 Å². The largest absolute Gasteiger partial charge is 0.359 e. The van der Waals surface area contributed by atoms with E-state index in [2.05, 4.69) is 51.3 Å². The molecule has 0 aliphatic carbocycles. The summed E-state index contributed by atoms with van der Waals surface area (Å²) in [5, 5.41) is 2.95. The quantitative estimate of drug-likeness (QED) is 0.917. The molecule has 0 spiro atoms. The van der Waals surface area contributed by atoms with Crippen molar-refractivity contribution in [3.05, 3.63) is 58.6 Å². The molecule has 0 unspecified atom stereocenters. The number of hydrogen-bond donors (Lipinski definition) is 1. The third-order valence-electron chi connectivity index (χ3n) is 3.79. The highest BCUT2D eigenvalue weighted by atomic mass is 79.9. The van der Waals surface area contributed by atoms with Gasteiger partial charge >= 0.3 is 0 Å². The van der Waals surface area contributed by atoms with E-state index in [1.165, 1.54) is 11.3 Å². The van der Waals surface area contributed by atoms with Crippen LogP contribution in [0.25, 0.3) is 0 Å². The molecule has 2 aromatic rings. The van der Waals surface area contributed by atoms with E-state index < -0.39 is 0 Å². The van der Waals surface area contributed by atoms with Gasteiger partial charge in [0, 0.05) is 21.9 Å². The van der Waals surface area contributed by atoms with Crippen LogP contribution in [0.2, 0.25) is 0 Å². The summed E-state index contributed by atoms with van der Waals surface area (Å²) >= 11 is 3.39. The molecule has 3 rings (SSSR count). The topological polar surface area (TPSA) is 32.3 Å². The Hall–Kier alpha value is -1.81. The van der Waals surface area contributed by atoms with Crippen LogP contribution in [-0.2, 0) is 11.2 Å². The minimum atomic E-state index is 0.0147. The maximum absolute atomic E-state index is 12.2. The minimum absolute atomic E-state index is 0.0147. The SMILES string of the molecule is C[C@H]1Cc2ccccc2N1CC(=O)Nc1ccc(Br)cc1. The van der Waals surface area contributed by atoms with Crippen LogP contribution in [0.3, 0.4) is 0 Å². The van der Waals surface area contributed by atoms with Crippen molar-refractivity contribution in [2.24, 2.45) is 0 Å². The number of fused-ring (bicyclic) bond motifs is 1. The Kier molecular flexibility index (Phi) is 3.97. The van der Waals surface area contributed by atoms with E-state index in [-0.39, 0.29) is 5.91 Å². The fraction of sp³-hybridized carbons (Fsp3) is 0.235. The fourth-order valence-corrected chi connectivity index (χ4v) is 3.02. The van der Waals surface area contributed by atoms with Crippen molar-refractivity contribution < 1.29 is 4.79 Å². The zero-order valence-corrected chi connectivity index (χ0v) is 13.4. The first-order valence-electron chi connectivity index (χ1n) is 7.03. The Morgan fingerprint density at radius 1 is 1.24 bits per heavy atom. The highest BCUT2D eigenvalue weighted by Crippen LogP contribution is 2.31. The number of nitrogens with one attached hydrogen (secondary N) is 1. The lowest BCUT2D eigenvalue weighted by atomic mass is 10.1. The summed E-state index contributed by atoms with van der Waals surface area (Å²) in [6, 6.07) is 16.3. The molecule has 1 amide bonds. The molecule has 108 valence electrons. The van der Waals surface area contributed by atoms with Crippen molar-refractivity contribution in [3.8, 4) is 0 Å². The van der Waals surface area contributed by atoms with Gasteiger partial charge in [-0.1, -0.05) is 34.1 Å². The first kappa shape index (κ1) is 14.1. The number of para-hydroxylation sites is 1. The Morgan fingerprint density at radius 2 is 1.95 bits per heavy atom. The number of halogens is 1. The van der Waals surface area contributed by atoms with E-state index in [9.17, 15) is 4.79 Å². The van der Waals surface area contributed by atoms with Gasteiger partial charge in [-0.2, -0.15) is 0 Å². The summed E-state index contributed by atoms with van der Waals surface area (Å²) in [6.45, 7) is 2.54. The molecule has 1 aliphatic heterocycles. The summed E-state index contributed by atoms with van der Waals surface area (Å²) < 4.78 is 1.00. The van der Waals surface area contributed by atoms with Gasteiger partial charge in [0.25, 0.3) is 0 Å². The molecule has 0 bridgehead atoms. The fourth-order valence-electron chi connectivity index (χ4n) is 2.76. The lowest BCUT2D eigenvalue weighted by molar-refractivity contribution is -0.115. The molecule has 0 saturated carbocycles. The number of carbonyl (C=O) groups excluding carboxylic acids is 1. The second-order valence-corrected chi connectivity index (χ2v) is 6.28. The summed E-state index contributed by atoms with van der Waals surface area (Å²) in [7, 11) is 0. The third-order valence-corrected chi connectivity index (χ3v) is 4.32. The highest BCUT2D eigenvalue weighted by Gasteiger charge is 2.26. The first-order valence-corrected chi connectivity index (χ1v) is 7.83. The van der Waals surface area contributed by atoms with Gasteiger partial charge in [0.15, 0.2) is 0 Å². The zero-order chi connectivity index (χ0) is 14.8. The summed E-state index contributed by atoms with van der Waals surface area (Å²) in [4.78, 5) is 14.4. The second kappa shape index (κ2) is 5.90. The van der Waals surface area contributed by atoms with Crippen molar-refractivity contribution in [1.82, 2.24) is 0 Å². The molecule has 0 radical (unpaired) electrons. The van der Waals surface area contributed by atoms with Crippen LogP contribution in [0.4, 0.5) is 11.4 Å². The van der Waals surface area contributed by atoms with Gasteiger partial charge in [0.2, 0.25) is 5.91 Å². The van der Waals surface area contributed by atoms with Crippen molar-refractivity contribution >= 4 is 33.2 Å². The van der Waals surface area contributed by atoms with Gasteiger partial charge in [-0.15, -0.1) is 0 Å². The molecule has 2 aromatic carbocycles. The molecule has 1 N–H and O–H groups in total. The van der Waals surface area contributed by atoms with Gasteiger partial charge < -0.3 is 10.2 Å². The Labute approximate surface area is 133 Å². The monoisotopic (exact) mass is 344 g/mol. The van der Waals surface area contributed by atoms with Crippen LogP contribution in [0, 0.1) is 0 Å². The molecular weight excluding hydrogens is 328 g/mol. The maximum atomic E-state index is 12.2. The standard InChI is InChI=1S/C17H17BrN2O/c1-12-10-13-4-2-3-5-16(13)20(12)11-17(21)19-15-8-6-14(18)7-9-15/h2-9,12H,10-11H2,1H3,(H,19,21)/t12-/m0/s1. The number of benzene rings is 2. The highest BCUT2D eigenvalue weighted by molar-refractivity contribution is 9.10. The van der Waals surface area contributed by atoms with Crippen LogP contribution in [0.5, 0.6) is 0 Å². The van der Waals surface area contributed by atoms with Crippen LogP contribution in [-0.4, -0.2) is 18.5 Å². The van der Waals surface area contributed by atoms with E-state index >= 15 is 0 Å². The van der Waals surface area contributed by atoms with Crippen molar-refractivity contribution in [2.75, 3.05) is 16.8 Å². The smallest absolute Gasteiger partial charge is 0.243 e. The molecule has 0 fully saturated rings. The molecule has 0 saturated heterocycles. The van der Waals surface area contributed by atoms with Gasteiger partial charge in [0.1, 0.15) is 0 Å². The molecular formula is C17H17BrN2O. The average molecular weight is 345 g/mol. The number of hydrogen-bond acceptors (Lipinski definition) is 2. The normalized spacial score (nSPS) is 16.7. The van der Waals surface area contributed by atoms with Crippen LogP contribution >= 0.6 is 15.9 Å². The van der Waals surface area contributed by atoms with Gasteiger partial charge in [-0.25, -0.2) is 0 Å². The molecule has 1 atom stereocenters. The van der Waals surface area contributed by atoms with E-state index in [1.807, 2.05) is 30.3 Å². The van der Waals surface area contributed by atoms with E-state index in [1.54, 1.807) is 0 Å². The van der Waals surface area contributed by atoms with Crippen LogP contribution in [0.1, 0.15) is 12.5 Å².